The third kappa shape index (κ3) is 3.61. The summed E-state index contributed by atoms with van der Waals surface area (Å²) < 4.78 is 24.1. The molecular weight excluding hydrogens is 385 g/mol. The smallest absolute Gasteiger partial charge is 0.534 e. The Morgan fingerprint density at radius 3 is 2.57 bits per heavy atom. The van der Waals surface area contributed by atoms with Crippen LogP contribution in [0.5, 0.6) is 0 Å². The Morgan fingerprint density at radius 1 is 1.27 bits per heavy atom. The van der Waals surface area contributed by atoms with Gasteiger partial charge in [0.2, 0.25) is 0 Å². The molecule has 0 radical (unpaired) electrons. The maximum absolute atomic E-state index is 13.0. The van der Waals surface area contributed by atoms with E-state index >= 15 is 0 Å². The van der Waals surface area contributed by atoms with E-state index < -0.39 is 24.4 Å². The Bertz CT molecular complexity index is 1160. The average molecular weight is 409 g/mol. The fourth-order valence-corrected chi connectivity index (χ4v) is 3.21. The second kappa shape index (κ2) is 6.73. The molecule has 1 aliphatic rings. The highest BCUT2D eigenvalue weighted by molar-refractivity contribution is 6.62. The maximum atomic E-state index is 13.0. The Hall–Kier alpha value is -3.07. The molecule has 0 atom stereocenters. The molecule has 0 saturated carbocycles. The van der Waals surface area contributed by atoms with Crippen LogP contribution in [0.1, 0.15) is 40.4 Å². The van der Waals surface area contributed by atoms with Crippen molar-refractivity contribution in [2.45, 2.75) is 52.7 Å². The van der Waals surface area contributed by atoms with Crippen molar-refractivity contribution in [2.75, 3.05) is 0 Å². The monoisotopic (exact) mass is 409 g/mol. The number of hydrogen-bond donors (Lipinski definition) is 0. The number of benzene rings is 1. The molecule has 0 amide bonds. The van der Waals surface area contributed by atoms with Crippen LogP contribution in [0.2, 0.25) is 0 Å². The zero-order valence-electron chi connectivity index (χ0n) is 18.0. The van der Waals surface area contributed by atoms with E-state index in [2.05, 4.69) is 16.7 Å². The van der Waals surface area contributed by atoms with Gasteiger partial charge >= 0.3 is 13.2 Å². The first-order chi connectivity index (χ1) is 13.9. The van der Waals surface area contributed by atoms with Crippen LogP contribution in [-0.2, 0) is 14.0 Å². The highest BCUT2D eigenvalue weighted by atomic mass is 16.7. The molecule has 1 aliphatic heterocycles. The molecule has 0 aliphatic carbocycles. The summed E-state index contributed by atoms with van der Waals surface area (Å²) in [6, 6.07) is 7.39. The molecule has 1 aromatic carbocycles. The van der Waals surface area contributed by atoms with Crippen LogP contribution in [0.25, 0.3) is 22.5 Å². The molecule has 1 saturated heterocycles. The van der Waals surface area contributed by atoms with E-state index in [1.807, 2.05) is 58.9 Å². The number of aryl methyl sites for hydroxylation is 1. The number of ether oxygens (including phenoxy) is 1. The summed E-state index contributed by atoms with van der Waals surface area (Å²) in [5, 5.41) is 4.63. The van der Waals surface area contributed by atoms with Gasteiger partial charge in [0, 0.05) is 5.39 Å². The first-order valence-electron chi connectivity index (χ1n) is 9.68. The van der Waals surface area contributed by atoms with Crippen LogP contribution in [0, 0.1) is 6.92 Å². The van der Waals surface area contributed by atoms with Crippen molar-refractivity contribution in [3.8, 4) is 11.6 Å². The summed E-state index contributed by atoms with van der Waals surface area (Å²) in [7, 11) is -0.573. The van der Waals surface area contributed by atoms with Crippen molar-refractivity contribution in [1.29, 1.82) is 0 Å². The van der Waals surface area contributed by atoms with Gasteiger partial charge in [-0.2, -0.15) is 4.98 Å². The number of carbonyl (C=O) groups excluding carboxylic acids is 1. The number of aromatic nitrogens is 3. The summed E-state index contributed by atoms with van der Waals surface area (Å²) in [5.41, 5.74) is 0.676. The molecule has 0 N–H and O–H groups in total. The van der Waals surface area contributed by atoms with Crippen LogP contribution >= 0.6 is 0 Å². The SMILES string of the molecule is C=C1OB(c2ccc3c(c2)cc(-c2nc(C)no2)n3C(=O)OC(C)(C)C)OC1(C)C. The predicted octanol–water partition coefficient (Wildman–Crippen LogP) is 3.82. The van der Waals surface area contributed by atoms with Crippen LogP contribution in [0.3, 0.4) is 0 Å². The van der Waals surface area contributed by atoms with Crippen molar-refractivity contribution >= 4 is 29.6 Å². The molecule has 3 heterocycles. The third-order valence-corrected chi connectivity index (χ3v) is 4.74. The molecule has 1 fully saturated rings. The normalized spacial score (nSPS) is 16.2. The molecule has 0 bridgehead atoms. The van der Waals surface area contributed by atoms with Crippen molar-refractivity contribution < 1.29 is 23.4 Å². The number of fused-ring (bicyclic) bond motifs is 1. The van der Waals surface area contributed by atoms with Gasteiger partial charge in [-0.1, -0.05) is 23.9 Å². The van der Waals surface area contributed by atoms with Crippen LogP contribution in [0.15, 0.2) is 41.1 Å². The topological polar surface area (TPSA) is 88.6 Å². The summed E-state index contributed by atoms with van der Waals surface area (Å²) in [5.74, 6) is 1.28. The number of hydrogen-bond acceptors (Lipinski definition) is 7. The standard InChI is InChI=1S/C21H24BN3O5/c1-12-21(6,7)30-22(28-12)15-8-9-16-14(10-15)11-17(18-23-13(2)24-29-18)25(16)19(26)27-20(3,4)5/h8-11H,1H2,2-7H3. The van der Waals surface area contributed by atoms with Gasteiger partial charge in [0.15, 0.2) is 5.82 Å². The summed E-state index contributed by atoms with van der Waals surface area (Å²) >= 11 is 0. The Balaban J connectivity index is 1.82. The molecular formula is C21H24BN3O5. The minimum absolute atomic E-state index is 0.235. The highest BCUT2D eigenvalue weighted by Crippen LogP contribution is 2.31. The lowest BCUT2D eigenvalue weighted by molar-refractivity contribution is 0.0546. The van der Waals surface area contributed by atoms with Gasteiger partial charge in [-0.05, 0) is 59.1 Å². The van der Waals surface area contributed by atoms with Crippen molar-refractivity contribution in [1.82, 2.24) is 14.7 Å². The Kier molecular flexibility index (Phi) is 4.54. The molecule has 0 unspecified atom stereocenters. The van der Waals surface area contributed by atoms with Crippen molar-refractivity contribution in [2.24, 2.45) is 0 Å². The van der Waals surface area contributed by atoms with E-state index in [0.717, 1.165) is 10.8 Å². The van der Waals surface area contributed by atoms with Gasteiger partial charge in [-0.25, -0.2) is 9.36 Å². The van der Waals surface area contributed by atoms with E-state index in [9.17, 15) is 4.79 Å². The van der Waals surface area contributed by atoms with Gasteiger partial charge in [0.05, 0.1) is 11.3 Å². The van der Waals surface area contributed by atoms with Gasteiger partial charge in [-0.15, -0.1) is 0 Å². The highest BCUT2D eigenvalue weighted by Gasteiger charge is 2.43. The van der Waals surface area contributed by atoms with Crippen LogP contribution in [-0.4, -0.2) is 39.1 Å². The first kappa shape index (κ1) is 20.2. The van der Waals surface area contributed by atoms with E-state index in [1.165, 1.54) is 4.57 Å². The molecule has 0 spiro atoms. The molecule has 2 aromatic heterocycles. The summed E-state index contributed by atoms with van der Waals surface area (Å²) in [4.78, 5) is 17.3. The molecule has 30 heavy (non-hydrogen) atoms. The average Bonchev–Trinajstić information content (AvgIpc) is 3.28. The Morgan fingerprint density at radius 2 is 2.00 bits per heavy atom. The Labute approximate surface area is 174 Å². The quantitative estimate of drug-likeness (QED) is 0.595. The lowest BCUT2D eigenvalue weighted by Crippen LogP contribution is -2.34. The minimum Gasteiger partial charge on any atom is -0.534 e. The van der Waals surface area contributed by atoms with E-state index in [4.69, 9.17) is 18.6 Å². The molecule has 3 aromatic rings. The fraction of sp³-hybridized carbons (Fsp3) is 0.381. The predicted molar refractivity (Wildman–Crippen MR) is 112 cm³/mol. The van der Waals surface area contributed by atoms with Crippen molar-refractivity contribution in [3.63, 3.8) is 0 Å². The molecule has 9 heteroatoms. The van der Waals surface area contributed by atoms with E-state index in [-0.39, 0.29) is 5.89 Å². The summed E-state index contributed by atoms with van der Waals surface area (Å²) in [6.45, 7) is 14.9. The van der Waals surface area contributed by atoms with Gasteiger partial charge in [0.25, 0.3) is 5.89 Å². The maximum Gasteiger partial charge on any atom is 0.563 e. The van der Waals surface area contributed by atoms with Gasteiger partial charge in [-0.3, -0.25) is 0 Å². The number of carbonyl (C=O) groups is 1. The zero-order valence-corrected chi connectivity index (χ0v) is 18.0. The second-order valence-corrected chi connectivity index (χ2v) is 8.81. The minimum atomic E-state index is -0.660. The van der Waals surface area contributed by atoms with Crippen LogP contribution in [0.4, 0.5) is 4.79 Å². The van der Waals surface area contributed by atoms with Crippen molar-refractivity contribution in [3.05, 3.63) is 42.4 Å². The molecule has 156 valence electrons. The number of nitrogens with zero attached hydrogens (tertiary/aromatic N) is 3. The van der Waals surface area contributed by atoms with Gasteiger partial charge < -0.3 is 18.6 Å². The fourth-order valence-electron chi connectivity index (χ4n) is 3.21. The van der Waals surface area contributed by atoms with E-state index in [0.29, 0.717) is 22.8 Å². The lowest BCUT2D eigenvalue weighted by atomic mass is 9.79. The third-order valence-electron chi connectivity index (χ3n) is 4.74. The van der Waals surface area contributed by atoms with Crippen LogP contribution < -0.4 is 5.46 Å². The first-order valence-corrected chi connectivity index (χ1v) is 9.68. The lowest BCUT2D eigenvalue weighted by Gasteiger charge is -2.20. The summed E-state index contributed by atoms with van der Waals surface area (Å²) in [6.07, 6.45) is -0.529. The second-order valence-electron chi connectivity index (χ2n) is 8.81. The van der Waals surface area contributed by atoms with Gasteiger partial charge in [0.1, 0.15) is 16.9 Å². The number of rotatable bonds is 2. The largest absolute Gasteiger partial charge is 0.563 e. The van der Waals surface area contributed by atoms with E-state index in [1.54, 1.807) is 6.92 Å². The zero-order chi connectivity index (χ0) is 21.8. The molecule has 8 nitrogen and oxygen atoms in total. The molecule has 4 rings (SSSR count).